The first-order valence-electron chi connectivity index (χ1n) is 6.99. The molecule has 5 heteroatoms. The third-order valence-corrected chi connectivity index (χ3v) is 3.81. The lowest BCUT2D eigenvalue weighted by atomic mass is 10.1. The quantitative estimate of drug-likeness (QED) is 0.673. The zero-order valence-electron chi connectivity index (χ0n) is 12.7. The Morgan fingerprint density at radius 1 is 1.09 bits per heavy atom. The molecule has 22 heavy (non-hydrogen) atoms. The number of methoxy groups -OCH3 is 2. The second kappa shape index (κ2) is 5.89. The second-order valence-electron chi connectivity index (χ2n) is 4.96. The van der Waals surface area contributed by atoms with Crippen LogP contribution in [0.25, 0.3) is 16.9 Å². The van der Waals surface area contributed by atoms with Gasteiger partial charge in [-0.15, -0.1) is 11.6 Å². The summed E-state index contributed by atoms with van der Waals surface area (Å²) in [4.78, 5) is 4.72. The zero-order valence-corrected chi connectivity index (χ0v) is 13.5. The van der Waals surface area contributed by atoms with Crippen LogP contribution in [0.2, 0.25) is 0 Å². The number of imidazole rings is 1. The molecule has 0 aliphatic rings. The van der Waals surface area contributed by atoms with E-state index in [-0.39, 0.29) is 5.38 Å². The largest absolute Gasteiger partial charge is 0.493 e. The van der Waals surface area contributed by atoms with Gasteiger partial charge in [0, 0.05) is 11.8 Å². The SMILES string of the molecule is COc1ccc(-c2nc3ccccn3c2C(C)Cl)cc1OC. The molecule has 0 fully saturated rings. The number of benzene rings is 1. The number of fused-ring (bicyclic) bond motifs is 1. The van der Waals surface area contributed by atoms with E-state index in [1.54, 1.807) is 14.2 Å². The third kappa shape index (κ3) is 2.40. The van der Waals surface area contributed by atoms with Gasteiger partial charge in [0.2, 0.25) is 0 Å². The highest BCUT2D eigenvalue weighted by molar-refractivity contribution is 6.20. The van der Waals surface area contributed by atoms with E-state index in [1.807, 2.05) is 53.9 Å². The lowest BCUT2D eigenvalue weighted by molar-refractivity contribution is 0.355. The Balaban J connectivity index is 2.23. The summed E-state index contributed by atoms with van der Waals surface area (Å²) in [6, 6.07) is 11.7. The van der Waals surface area contributed by atoms with Crippen LogP contribution in [-0.2, 0) is 0 Å². The van der Waals surface area contributed by atoms with E-state index in [4.69, 9.17) is 26.1 Å². The molecule has 0 aliphatic heterocycles. The first-order valence-corrected chi connectivity index (χ1v) is 7.42. The van der Waals surface area contributed by atoms with Crippen LogP contribution in [-0.4, -0.2) is 23.6 Å². The maximum absolute atomic E-state index is 6.39. The molecule has 1 atom stereocenters. The molecule has 3 rings (SSSR count). The molecule has 0 radical (unpaired) electrons. The van der Waals surface area contributed by atoms with Gasteiger partial charge in [0.05, 0.1) is 31.0 Å². The van der Waals surface area contributed by atoms with Gasteiger partial charge in [-0.25, -0.2) is 4.98 Å². The number of ether oxygens (including phenoxy) is 2. The summed E-state index contributed by atoms with van der Waals surface area (Å²) >= 11 is 6.39. The Hall–Kier alpha value is -2.20. The van der Waals surface area contributed by atoms with Gasteiger partial charge >= 0.3 is 0 Å². The van der Waals surface area contributed by atoms with Gasteiger partial charge in [-0.3, -0.25) is 0 Å². The van der Waals surface area contributed by atoms with Gasteiger partial charge in [-0.2, -0.15) is 0 Å². The molecule has 2 aromatic heterocycles. The maximum atomic E-state index is 6.39. The minimum Gasteiger partial charge on any atom is -0.493 e. The van der Waals surface area contributed by atoms with Gasteiger partial charge < -0.3 is 13.9 Å². The fourth-order valence-corrected chi connectivity index (χ4v) is 2.80. The van der Waals surface area contributed by atoms with Crippen molar-refractivity contribution < 1.29 is 9.47 Å². The number of nitrogens with zero attached hydrogens (tertiary/aromatic N) is 2. The predicted molar refractivity (Wildman–Crippen MR) is 88.0 cm³/mol. The van der Waals surface area contributed by atoms with Crippen molar-refractivity contribution in [2.45, 2.75) is 12.3 Å². The molecular formula is C17H17ClN2O2. The number of pyridine rings is 1. The van der Waals surface area contributed by atoms with Crippen molar-refractivity contribution >= 4 is 17.2 Å². The molecule has 0 saturated carbocycles. The number of hydrogen-bond acceptors (Lipinski definition) is 3. The Morgan fingerprint density at radius 2 is 1.86 bits per heavy atom. The average molecular weight is 317 g/mol. The highest BCUT2D eigenvalue weighted by Crippen LogP contribution is 2.36. The van der Waals surface area contributed by atoms with E-state index in [0.29, 0.717) is 11.5 Å². The standard InChI is InChI=1S/C17H17ClN2O2/c1-11(18)17-16(19-15-6-4-5-9-20(15)17)12-7-8-13(21-2)14(10-12)22-3/h4-11H,1-3H3. The fraction of sp³-hybridized carbons (Fsp3) is 0.235. The zero-order chi connectivity index (χ0) is 15.7. The van der Waals surface area contributed by atoms with Crippen molar-refractivity contribution in [3.63, 3.8) is 0 Å². The van der Waals surface area contributed by atoms with Crippen molar-refractivity contribution in [2.75, 3.05) is 14.2 Å². The van der Waals surface area contributed by atoms with Gasteiger partial charge in [0.25, 0.3) is 0 Å². The fourth-order valence-electron chi connectivity index (χ4n) is 2.59. The minimum absolute atomic E-state index is 0.166. The van der Waals surface area contributed by atoms with E-state index in [9.17, 15) is 0 Å². The van der Waals surface area contributed by atoms with E-state index >= 15 is 0 Å². The van der Waals surface area contributed by atoms with Crippen LogP contribution in [0.1, 0.15) is 18.0 Å². The summed E-state index contributed by atoms with van der Waals surface area (Å²) in [5.41, 5.74) is 3.64. The van der Waals surface area contributed by atoms with Crippen LogP contribution in [0.15, 0.2) is 42.6 Å². The average Bonchev–Trinajstić information content (AvgIpc) is 2.93. The van der Waals surface area contributed by atoms with Gasteiger partial charge in [-0.1, -0.05) is 6.07 Å². The number of hydrogen-bond donors (Lipinski definition) is 0. The van der Waals surface area contributed by atoms with Crippen LogP contribution >= 0.6 is 11.6 Å². The highest BCUT2D eigenvalue weighted by atomic mass is 35.5. The molecule has 0 spiro atoms. The molecule has 0 bridgehead atoms. The molecule has 0 saturated heterocycles. The Bertz CT molecular complexity index is 812. The highest BCUT2D eigenvalue weighted by Gasteiger charge is 2.19. The maximum Gasteiger partial charge on any atom is 0.161 e. The number of aromatic nitrogens is 2. The summed E-state index contributed by atoms with van der Waals surface area (Å²) in [7, 11) is 3.24. The Morgan fingerprint density at radius 3 is 2.55 bits per heavy atom. The molecule has 0 aliphatic carbocycles. The van der Waals surface area contributed by atoms with Crippen LogP contribution in [0, 0.1) is 0 Å². The summed E-state index contributed by atoms with van der Waals surface area (Å²) < 4.78 is 12.7. The first-order chi connectivity index (χ1) is 10.7. The number of alkyl halides is 1. The van der Waals surface area contributed by atoms with E-state index in [2.05, 4.69) is 0 Å². The summed E-state index contributed by atoms with van der Waals surface area (Å²) in [6.45, 7) is 1.95. The van der Waals surface area contributed by atoms with Crippen LogP contribution in [0.4, 0.5) is 0 Å². The molecule has 2 heterocycles. The molecule has 1 unspecified atom stereocenters. The van der Waals surface area contributed by atoms with Gasteiger partial charge in [0.15, 0.2) is 11.5 Å². The molecule has 1 aromatic carbocycles. The summed E-state index contributed by atoms with van der Waals surface area (Å²) in [6.07, 6.45) is 1.97. The third-order valence-electron chi connectivity index (χ3n) is 3.60. The van der Waals surface area contributed by atoms with Crippen molar-refractivity contribution in [2.24, 2.45) is 0 Å². The Kier molecular flexibility index (Phi) is 3.94. The molecular weight excluding hydrogens is 300 g/mol. The van der Waals surface area contributed by atoms with Crippen molar-refractivity contribution in [3.05, 3.63) is 48.3 Å². The van der Waals surface area contributed by atoms with Crippen molar-refractivity contribution in [1.82, 2.24) is 9.38 Å². The lowest BCUT2D eigenvalue weighted by Gasteiger charge is -2.10. The smallest absolute Gasteiger partial charge is 0.161 e. The molecule has 0 N–H and O–H groups in total. The van der Waals surface area contributed by atoms with E-state index in [1.165, 1.54) is 0 Å². The molecule has 0 amide bonds. The molecule has 114 valence electrons. The molecule has 3 aromatic rings. The summed E-state index contributed by atoms with van der Waals surface area (Å²) in [5, 5.41) is -0.166. The van der Waals surface area contributed by atoms with E-state index in [0.717, 1.165) is 22.6 Å². The lowest BCUT2D eigenvalue weighted by Crippen LogP contribution is -1.96. The minimum atomic E-state index is -0.166. The first kappa shape index (κ1) is 14.7. The van der Waals surface area contributed by atoms with Crippen molar-refractivity contribution in [1.29, 1.82) is 0 Å². The second-order valence-corrected chi connectivity index (χ2v) is 5.61. The van der Waals surface area contributed by atoms with Crippen molar-refractivity contribution in [3.8, 4) is 22.8 Å². The Labute approximate surface area is 134 Å². The van der Waals surface area contributed by atoms with Gasteiger partial charge in [-0.05, 0) is 37.3 Å². The topological polar surface area (TPSA) is 35.8 Å². The normalized spacial score (nSPS) is 12.4. The number of rotatable bonds is 4. The van der Waals surface area contributed by atoms with E-state index < -0.39 is 0 Å². The van der Waals surface area contributed by atoms with Crippen LogP contribution in [0.3, 0.4) is 0 Å². The monoisotopic (exact) mass is 316 g/mol. The van der Waals surface area contributed by atoms with Gasteiger partial charge in [0.1, 0.15) is 5.65 Å². The van der Waals surface area contributed by atoms with Crippen LogP contribution < -0.4 is 9.47 Å². The molecule has 4 nitrogen and oxygen atoms in total. The number of halogens is 1. The predicted octanol–water partition coefficient (Wildman–Crippen LogP) is 4.32. The van der Waals surface area contributed by atoms with Crippen LogP contribution in [0.5, 0.6) is 11.5 Å². The summed E-state index contributed by atoms with van der Waals surface area (Å²) in [5.74, 6) is 1.36.